The SMILES string of the molecule is CCC1CCCCN1c1ccc(NC(=O)c2cccc(Cl)c2)nn1. The molecule has 0 radical (unpaired) electrons. The van der Waals surface area contributed by atoms with E-state index in [1.54, 1.807) is 30.3 Å². The Labute approximate surface area is 147 Å². The molecule has 24 heavy (non-hydrogen) atoms. The molecule has 1 unspecified atom stereocenters. The molecule has 2 heterocycles. The van der Waals surface area contributed by atoms with Crippen molar-refractivity contribution in [2.24, 2.45) is 0 Å². The minimum absolute atomic E-state index is 0.246. The van der Waals surface area contributed by atoms with Gasteiger partial charge in [-0.3, -0.25) is 4.79 Å². The van der Waals surface area contributed by atoms with Gasteiger partial charge in [0.25, 0.3) is 5.91 Å². The first-order chi connectivity index (χ1) is 11.7. The highest BCUT2D eigenvalue weighted by molar-refractivity contribution is 6.31. The van der Waals surface area contributed by atoms with Crippen molar-refractivity contribution in [1.29, 1.82) is 0 Å². The Morgan fingerprint density at radius 3 is 2.88 bits per heavy atom. The number of nitrogens with zero attached hydrogens (tertiary/aromatic N) is 3. The third-order valence-electron chi connectivity index (χ3n) is 4.37. The summed E-state index contributed by atoms with van der Waals surface area (Å²) in [5, 5.41) is 11.7. The van der Waals surface area contributed by atoms with E-state index in [0.717, 1.165) is 18.8 Å². The summed E-state index contributed by atoms with van der Waals surface area (Å²) in [5.41, 5.74) is 0.496. The average molecular weight is 345 g/mol. The summed E-state index contributed by atoms with van der Waals surface area (Å²) < 4.78 is 0. The molecule has 2 aromatic rings. The molecule has 1 aromatic carbocycles. The quantitative estimate of drug-likeness (QED) is 0.905. The molecule has 1 atom stereocenters. The number of anilines is 2. The number of hydrogen-bond donors (Lipinski definition) is 1. The lowest BCUT2D eigenvalue weighted by Gasteiger charge is -2.35. The minimum Gasteiger partial charge on any atom is -0.352 e. The van der Waals surface area contributed by atoms with Crippen molar-refractivity contribution in [3.8, 4) is 0 Å². The van der Waals surface area contributed by atoms with Crippen LogP contribution in [0.4, 0.5) is 11.6 Å². The van der Waals surface area contributed by atoms with E-state index in [0.29, 0.717) is 22.4 Å². The highest BCUT2D eigenvalue weighted by atomic mass is 35.5. The van der Waals surface area contributed by atoms with Crippen molar-refractivity contribution < 1.29 is 4.79 Å². The predicted octanol–water partition coefficient (Wildman–Crippen LogP) is 4.15. The molecule has 5 nitrogen and oxygen atoms in total. The number of piperidine rings is 1. The Morgan fingerprint density at radius 1 is 1.29 bits per heavy atom. The molecule has 0 aliphatic carbocycles. The first-order valence-electron chi connectivity index (χ1n) is 8.34. The van der Waals surface area contributed by atoms with E-state index < -0.39 is 0 Å². The normalized spacial score (nSPS) is 17.6. The number of carbonyl (C=O) groups excluding carboxylic acids is 1. The van der Waals surface area contributed by atoms with Crippen LogP contribution in [0.3, 0.4) is 0 Å². The molecule has 0 bridgehead atoms. The maximum atomic E-state index is 12.2. The summed E-state index contributed by atoms with van der Waals surface area (Å²) in [6, 6.07) is 11.1. The second kappa shape index (κ2) is 7.62. The minimum atomic E-state index is -0.246. The Kier molecular flexibility index (Phi) is 5.30. The van der Waals surface area contributed by atoms with E-state index in [1.807, 2.05) is 6.07 Å². The van der Waals surface area contributed by atoms with Gasteiger partial charge < -0.3 is 10.2 Å². The zero-order valence-electron chi connectivity index (χ0n) is 13.7. The molecular formula is C18H21ClN4O. The van der Waals surface area contributed by atoms with Crippen molar-refractivity contribution in [3.05, 3.63) is 47.0 Å². The monoisotopic (exact) mass is 344 g/mol. The van der Waals surface area contributed by atoms with Crippen LogP contribution < -0.4 is 10.2 Å². The van der Waals surface area contributed by atoms with Crippen LogP contribution in [0.25, 0.3) is 0 Å². The average Bonchev–Trinajstić information content (AvgIpc) is 2.62. The van der Waals surface area contributed by atoms with Gasteiger partial charge in [-0.15, -0.1) is 10.2 Å². The van der Waals surface area contributed by atoms with Crippen LogP contribution in [-0.4, -0.2) is 28.7 Å². The van der Waals surface area contributed by atoms with Gasteiger partial charge in [-0.05, 0) is 56.0 Å². The van der Waals surface area contributed by atoms with Crippen LogP contribution in [0.1, 0.15) is 43.0 Å². The second-order valence-corrected chi connectivity index (χ2v) is 6.43. The van der Waals surface area contributed by atoms with E-state index in [4.69, 9.17) is 11.6 Å². The lowest BCUT2D eigenvalue weighted by Crippen LogP contribution is -2.39. The number of benzene rings is 1. The van der Waals surface area contributed by atoms with Crippen LogP contribution >= 0.6 is 11.6 Å². The Morgan fingerprint density at radius 2 is 2.17 bits per heavy atom. The number of hydrogen-bond acceptors (Lipinski definition) is 4. The van der Waals surface area contributed by atoms with Crippen LogP contribution in [0.15, 0.2) is 36.4 Å². The molecule has 126 valence electrons. The molecule has 1 amide bonds. The van der Waals surface area contributed by atoms with Crippen molar-refractivity contribution in [1.82, 2.24) is 10.2 Å². The van der Waals surface area contributed by atoms with Gasteiger partial charge in [0, 0.05) is 23.2 Å². The van der Waals surface area contributed by atoms with Crippen molar-refractivity contribution in [2.75, 3.05) is 16.8 Å². The fraction of sp³-hybridized carbons (Fsp3) is 0.389. The molecule has 6 heteroatoms. The third-order valence-corrected chi connectivity index (χ3v) is 4.61. The highest BCUT2D eigenvalue weighted by Crippen LogP contribution is 2.25. The lowest BCUT2D eigenvalue weighted by atomic mass is 10.0. The summed E-state index contributed by atoms with van der Waals surface area (Å²) in [6.07, 6.45) is 4.77. The number of halogens is 1. The third kappa shape index (κ3) is 3.85. The Hall–Kier alpha value is -2.14. The maximum absolute atomic E-state index is 12.2. The van der Waals surface area contributed by atoms with E-state index in [2.05, 4.69) is 27.3 Å². The number of aromatic nitrogens is 2. The van der Waals surface area contributed by atoms with E-state index in [9.17, 15) is 4.79 Å². The fourth-order valence-corrected chi connectivity index (χ4v) is 3.28. The van der Waals surface area contributed by atoms with Crippen LogP contribution in [0, 0.1) is 0 Å². The zero-order chi connectivity index (χ0) is 16.9. The van der Waals surface area contributed by atoms with Gasteiger partial charge in [0.05, 0.1) is 0 Å². The van der Waals surface area contributed by atoms with Gasteiger partial charge in [-0.2, -0.15) is 0 Å². The second-order valence-electron chi connectivity index (χ2n) is 5.99. The molecule has 1 aromatic heterocycles. The van der Waals surface area contributed by atoms with Crippen LogP contribution in [-0.2, 0) is 0 Å². The van der Waals surface area contributed by atoms with Crippen LogP contribution in [0.2, 0.25) is 5.02 Å². The molecule has 3 rings (SSSR count). The number of carbonyl (C=O) groups is 1. The number of amides is 1. The molecule has 0 spiro atoms. The molecular weight excluding hydrogens is 324 g/mol. The molecule has 1 fully saturated rings. The summed E-state index contributed by atoms with van der Waals surface area (Å²) in [6.45, 7) is 3.22. The number of nitrogens with one attached hydrogen (secondary N) is 1. The Bertz CT molecular complexity index is 704. The molecule has 1 N–H and O–H groups in total. The van der Waals surface area contributed by atoms with E-state index in [1.165, 1.54) is 19.3 Å². The van der Waals surface area contributed by atoms with Gasteiger partial charge in [0.1, 0.15) is 0 Å². The first-order valence-corrected chi connectivity index (χ1v) is 8.72. The largest absolute Gasteiger partial charge is 0.352 e. The van der Waals surface area contributed by atoms with Gasteiger partial charge in [0.15, 0.2) is 11.6 Å². The van der Waals surface area contributed by atoms with Gasteiger partial charge in [-0.1, -0.05) is 24.6 Å². The summed E-state index contributed by atoms with van der Waals surface area (Å²) >= 11 is 5.91. The topological polar surface area (TPSA) is 58.1 Å². The fourth-order valence-electron chi connectivity index (χ4n) is 3.09. The molecule has 1 saturated heterocycles. The van der Waals surface area contributed by atoms with Gasteiger partial charge in [-0.25, -0.2) is 0 Å². The zero-order valence-corrected chi connectivity index (χ0v) is 14.5. The first kappa shape index (κ1) is 16.7. The molecule has 0 saturated carbocycles. The van der Waals surface area contributed by atoms with E-state index in [-0.39, 0.29) is 5.91 Å². The predicted molar refractivity (Wildman–Crippen MR) is 96.7 cm³/mol. The maximum Gasteiger partial charge on any atom is 0.256 e. The highest BCUT2D eigenvalue weighted by Gasteiger charge is 2.22. The van der Waals surface area contributed by atoms with Crippen LogP contribution in [0.5, 0.6) is 0 Å². The van der Waals surface area contributed by atoms with Crippen molar-refractivity contribution in [2.45, 2.75) is 38.6 Å². The lowest BCUT2D eigenvalue weighted by molar-refractivity contribution is 0.102. The van der Waals surface area contributed by atoms with E-state index >= 15 is 0 Å². The molecule has 1 aliphatic rings. The summed E-state index contributed by atoms with van der Waals surface area (Å²) in [4.78, 5) is 14.5. The standard InChI is InChI=1S/C18H21ClN4O/c1-2-15-8-3-4-11-23(15)17-10-9-16(21-22-17)20-18(24)13-6-5-7-14(19)12-13/h5-7,9-10,12,15H,2-4,8,11H2,1H3,(H,20,21,24). The number of rotatable bonds is 4. The summed E-state index contributed by atoms with van der Waals surface area (Å²) in [5.74, 6) is 1.07. The molecule has 1 aliphatic heterocycles. The van der Waals surface area contributed by atoms with Gasteiger partial charge >= 0.3 is 0 Å². The van der Waals surface area contributed by atoms with Crippen molar-refractivity contribution >= 4 is 29.1 Å². The summed E-state index contributed by atoms with van der Waals surface area (Å²) in [7, 11) is 0. The van der Waals surface area contributed by atoms with Gasteiger partial charge in [0.2, 0.25) is 0 Å². The van der Waals surface area contributed by atoms with Crippen molar-refractivity contribution in [3.63, 3.8) is 0 Å². The smallest absolute Gasteiger partial charge is 0.256 e. The Balaban J connectivity index is 1.69.